The minimum atomic E-state index is -1.12. The van der Waals surface area contributed by atoms with E-state index in [1.54, 1.807) is 51.2 Å². The van der Waals surface area contributed by atoms with Gasteiger partial charge in [0.1, 0.15) is 11.6 Å². The van der Waals surface area contributed by atoms with Crippen LogP contribution in [0, 0.1) is 0 Å². The van der Waals surface area contributed by atoms with E-state index in [1.807, 2.05) is 0 Å². The lowest BCUT2D eigenvalue weighted by molar-refractivity contribution is -0.146. The van der Waals surface area contributed by atoms with Gasteiger partial charge in [-0.05, 0) is 74.3 Å². The summed E-state index contributed by atoms with van der Waals surface area (Å²) in [4.78, 5) is 48.0. The van der Waals surface area contributed by atoms with Crippen molar-refractivity contribution in [3.8, 4) is 0 Å². The zero-order chi connectivity index (χ0) is 29.4. The predicted octanol–water partition coefficient (Wildman–Crippen LogP) is 6.71. The third-order valence-electron chi connectivity index (χ3n) is 5.59. The molecule has 10 nitrogen and oxygen atoms in total. The summed E-state index contributed by atoms with van der Waals surface area (Å²) in [5.41, 5.74) is 9.55. The van der Waals surface area contributed by atoms with Gasteiger partial charge in [0.15, 0.2) is 0 Å². The Labute approximate surface area is 241 Å². The van der Waals surface area contributed by atoms with Crippen LogP contribution in [0.15, 0.2) is 65.9 Å². The van der Waals surface area contributed by atoms with Crippen LogP contribution < -0.4 is 0 Å². The zero-order valence-electron chi connectivity index (χ0n) is 22.3. The van der Waals surface area contributed by atoms with Crippen LogP contribution in [-0.4, -0.2) is 46.5 Å². The van der Waals surface area contributed by atoms with Gasteiger partial charge in [-0.15, -0.1) is 0 Å². The lowest BCUT2D eigenvalue weighted by atomic mass is 10.0. The molecule has 1 atom stereocenters. The monoisotopic (exact) mass is 583 g/mol. The van der Waals surface area contributed by atoms with Crippen molar-refractivity contribution in [1.82, 2.24) is 9.88 Å². The van der Waals surface area contributed by atoms with Gasteiger partial charge < -0.3 is 14.4 Å². The third kappa shape index (κ3) is 7.95. The van der Waals surface area contributed by atoms with Gasteiger partial charge in [-0.25, -0.2) is 9.59 Å². The molecule has 1 heterocycles. The van der Waals surface area contributed by atoms with Crippen LogP contribution in [0.5, 0.6) is 0 Å². The molecule has 0 bridgehead atoms. The Morgan fingerprint density at radius 3 is 2.40 bits per heavy atom. The molecule has 3 rings (SSSR count). The van der Waals surface area contributed by atoms with Gasteiger partial charge in [-0.1, -0.05) is 40.4 Å². The molecule has 0 unspecified atom stereocenters. The standard InChI is InChI=1S/C28H27Cl2N5O5/c1-28(2,3)40-26(37)20-10-8-17(13-22(20)30)16-35(24(27(38)39-4)15-19-7-5-6-12-32-19)25(36)21-11-9-18(29)14-23(21)33-34-31/h5-14,24H,15-16H2,1-4H3/t24-/m1/s1. The van der Waals surface area contributed by atoms with E-state index in [1.165, 1.54) is 42.3 Å². The number of benzene rings is 2. The van der Waals surface area contributed by atoms with Gasteiger partial charge in [0.25, 0.3) is 5.91 Å². The fraction of sp³-hybridized carbons (Fsp3) is 0.286. The minimum Gasteiger partial charge on any atom is -0.467 e. The van der Waals surface area contributed by atoms with E-state index >= 15 is 0 Å². The number of esters is 2. The molecule has 0 saturated heterocycles. The molecule has 0 saturated carbocycles. The maximum absolute atomic E-state index is 14.0. The Kier molecular flexibility index (Phi) is 10.1. The molecule has 0 N–H and O–H groups in total. The summed E-state index contributed by atoms with van der Waals surface area (Å²) in [6.45, 7) is 5.11. The van der Waals surface area contributed by atoms with Gasteiger partial charge in [0, 0.05) is 40.4 Å². The van der Waals surface area contributed by atoms with E-state index in [-0.39, 0.29) is 39.8 Å². The molecule has 2 aromatic carbocycles. The Morgan fingerprint density at radius 1 is 1.07 bits per heavy atom. The first-order valence-electron chi connectivity index (χ1n) is 12.1. The number of rotatable bonds is 9. The SMILES string of the molecule is COC(=O)[C@@H](Cc1ccccn1)N(Cc1ccc(C(=O)OC(C)(C)C)c(Cl)c1)C(=O)c1ccc(Cl)cc1N=[N+]=[N-]. The molecule has 0 radical (unpaired) electrons. The fourth-order valence-corrected chi connectivity index (χ4v) is 4.27. The molecular formula is C28H27Cl2N5O5. The second-order valence-corrected chi connectivity index (χ2v) is 10.5. The quantitative estimate of drug-likeness (QED) is 0.119. The number of hydrogen-bond acceptors (Lipinski definition) is 7. The Morgan fingerprint density at radius 2 is 1.80 bits per heavy atom. The second-order valence-electron chi connectivity index (χ2n) is 9.66. The first-order valence-corrected chi connectivity index (χ1v) is 12.8. The summed E-state index contributed by atoms with van der Waals surface area (Å²) in [5, 5.41) is 3.98. The van der Waals surface area contributed by atoms with Crippen LogP contribution in [0.1, 0.15) is 52.7 Å². The van der Waals surface area contributed by atoms with Crippen LogP contribution >= 0.6 is 23.2 Å². The van der Waals surface area contributed by atoms with Gasteiger partial charge in [-0.2, -0.15) is 0 Å². The summed E-state index contributed by atoms with van der Waals surface area (Å²) in [7, 11) is 1.22. The molecule has 12 heteroatoms. The number of ether oxygens (including phenoxy) is 2. The van der Waals surface area contributed by atoms with Crippen molar-refractivity contribution in [2.75, 3.05) is 7.11 Å². The predicted molar refractivity (Wildman–Crippen MR) is 150 cm³/mol. The van der Waals surface area contributed by atoms with Crippen molar-refractivity contribution >= 4 is 46.7 Å². The number of halogens is 2. The van der Waals surface area contributed by atoms with Crippen molar-refractivity contribution in [1.29, 1.82) is 0 Å². The van der Waals surface area contributed by atoms with Crippen molar-refractivity contribution in [3.63, 3.8) is 0 Å². The number of aromatic nitrogens is 1. The molecule has 0 aliphatic rings. The van der Waals surface area contributed by atoms with E-state index in [0.717, 1.165) is 0 Å². The largest absolute Gasteiger partial charge is 0.467 e. The molecule has 40 heavy (non-hydrogen) atoms. The van der Waals surface area contributed by atoms with E-state index < -0.39 is 29.5 Å². The summed E-state index contributed by atoms with van der Waals surface area (Å²) in [5.74, 6) is -1.91. The molecular weight excluding hydrogens is 557 g/mol. The van der Waals surface area contributed by atoms with Gasteiger partial charge >= 0.3 is 11.9 Å². The van der Waals surface area contributed by atoms with Crippen molar-refractivity contribution in [2.45, 2.75) is 45.4 Å². The Bertz CT molecular complexity index is 1450. The van der Waals surface area contributed by atoms with E-state index in [9.17, 15) is 14.4 Å². The van der Waals surface area contributed by atoms with Crippen molar-refractivity contribution in [2.24, 2.45) is 5.11 Å². The van der Waals surface area contributed by atoms with Gasteiger partial charge in [0.05, 0.1) is 23.4 Å². The summed E-state index contributed by atoms with van der Waals surface area (Å²) < 4.78 is 10.5. The highest BCUT2D eigenvalue weighted by molar-refractivity contribution is 6.33. The molecule has 1 amide bonds. The molecule has 0 aliphatic carbocycles. The number of hydrogen-bond donors (Lipinski definition) is 0. The number of nitrogens with zero attached hydrogens (tertiary/aromatic N) is 5. The normalized spacial score (nSPS) is 11.7. The molecule has 208 valence electrons. The summed E-state index contributed by atoms with van der Waals surface area (Å²) >= 11 is 12.5. The number of azide groups is 1. The van der Waals surface area contributed by atoms with Crippen LogP contribution in [0.2, 0.25) is 10.0 Å². The minimum absolute atomic E-state index is 0.00948. The van der Waals surface area contributed by atoms with E-state index in [2.05, 4.69) is 15.0 Å². The van der Waals surface area contributed by atoms with Gasteiger partial charge in [0.2, 0.25) is 0 Å². The molecule has 1 aromatic heterocycles. The van der Waals surface area contributed by atoms with Crippen LogP contribution in [0.25, 0.3) is 10.4 Å². The highest BCUT2D eigenvalue weighted by atomic mass is 35.5. The van der Waals surface area contributed by atoms with Crippen LogP contribution in [-0.2, 0) is 27.2 Å². The Balaban J connectivity index is 2.08. The molecule has 0 spiro atoms. The lowest BCUT2D eigenvalue weighted by Gasteiger charge is -2.31. The highest BCUT2D eigenvalue weighted by Gasteiger charge is 2.33. The maximum atomic E-state index is 14.0. The highest BCUT2D eigenvalue weighted by Crippen LogP contribution is 2.29. The number of amides is 1. The zero-order valence-corrected chi connectivity index (χ0v) is 23.8. The van der Waals surface area contributed by atoms with Crippen LogP contribution in [0.3, 0.4) is 0 Å². The van der Waals surface area contributed by atoms with Crippen molar-refractivity contribution in [3.05, 3.63) is 104 Å². The van der Waals surface area contributed by atoms with Crippen LogP contribution in [0.4, 0.5) is 5.69 Å². The second kappa shape index (κ2) is 13.3. The number of methoxy groups -OCH3 is 1. The smallest absolute Gasteiger partial charge is 0.340 e. The maximum Gasteiger partial charge on any atom is 0.340 e. The third-order valence-corrected chi connectivity index (χ3v) is 6.13. The first-order chi connectivity index (χ1) is 18.9. The van der Waals surface area contributed by atoms with E-state index in [4.69, 9.17) is 38.2 Å². The lowest BCUT2D eigenvalue weighted by Crippen LogP contribution is -2.46. The van der Waals surface area contributed by atoms with Gasteiger partial charge in [-0.3, -0.25) is 9.78 Å². The molecule has 3 aromatic rings. The first kappa shape index (κ1) is 30.4. The topological polar surface area (TPSA) is 135 Å². The summed E-state index contributed by atoms with van der Waals surface area (Å²) in [6.07, 6.45) is 1.61. The number of carbonyl (C=O) groups is 3. The Hall–Kier alpha value is -4.11. The van der Waals surface area contributed by atoms with E-state index in [0.29, 0.717) is 11.3 Å². The summed E-state index contributed by atoms with van der Waals surface area (Å²) in [6, 6.07) is 13.0. The fourth-order valence-electron chi connectivity index (χ4n) is 3.82. The van der Waals surface area contributed by atoms with Crippen molar-refractivity contribution < 1.29 is 23.9 Å². The number of pyridine rings is 1. The average molecular weight is 584 g/mol. The molecule has 0 aliphatic heterocycles. The number of carbonyl (C=O) groups excluding carboxylic acids is 3. The average Bonchev–Trinajstić information content (AvgIpc) is 2.89. The molecule has 0 fully saturated rings.